The average Bonchev–Trinajstić information content (AvgIpc) is 2.81. The normalized spacial score (nSPS) is 18.0. The lowest BCUT2D eigenvalue weighted by molar-refractivity contribution is 0.0849. The molecule has 1 amide bonds. The third-order valence-electron chi connectivity index (χ3n) is 6.10. The molecule has 0 aliphatic carbocycles. The number of nitrogens with one attached hydrogen (secondary N) is 2. The van der Waals surface area contributed by atoms with Gasteiger partial charge < -0.3 is 20.4 Å². The first-order valence-corrected chi connectivity index (χ1v) is 11.6. The number of hydrogen-bond donors (Lipinski definition) is 4. The Kier molecular flexibility index (Phi) is 8.01. The molecule has 1 aliphatic heterocycles. The predicted octanol–water partition coefficient (Wildman–Crippen LogP) is 3.58. The molecule has 3 rings (SSSR count). The lowest BCUT2D eigenvalue weighted by Crippen LogP contribution is -2.54. The van der Waals surface area contributed by atoms with Gasteiger partial charge in [-0.2, -0.15) is 0 Å². The lowest BCUT2D eigenvalue weighted by Gasteiger charge is -2.37. The highest BCUT2D eigenvalue weighted by atomic mass is 35.5. The average molecular weight is 503 g/mol. The molecule has 2 unspecified atom stereocenters. The number of allylic oxidation sites excluding steroid dienone is 1. The molecule has 0 saturated carbocycles. The highest BCUT2D eigenvalue weighted by molar-refractivity contribution is 6.30. The molecule has 0 radical (unpaired) electrons. The summed E-state index contributed by atoms with van der Waals surface area (Å²) >= 11 is 6.09. The number of rotatable bonds is 8. The molecule has 1 aliphatic rings. The van der Waals surface area contributed by atoms with Gasteiger partial charge in [-0.1, -0.05) is 29.8 Å². The maximum atomic E-state index is 14.9. The summed E-state index contributed by atoms with van der Waals surface area (Å²) in [7, 11) is 1.72. The van der Waals surface area contributed by atoms with Crippen LogP contribution in [0.1, 0.15) is 47.8 Å². The van der Waals surface area contributed by atoms with Crippen molar-refractivity contribution >= 4 is 29.4 Å². The number of aliphatic imine (C=N–C) groups is 1. The smallest absolute Gasteiger partial charge is 0.252 e. The van der Waals surface area contributed by atoms with Gasteiger partial charge in [0, 0.05) is 28.7 Å². The SMILES string of the molecule is Cc1cc(C(=O)NC(C)(CO)c2cccc(Cl)c2)ccc1C1=C(F)C=NC(NC(C)(C)CO)N1C. The lowest BCUT2D eigenvalue weighted by atomic mass is 9.92. The fourth-order valence-corrected chi connectivity index (χ4v) is 4.05. The van der Waals surface area contributed by atoms with E-state index >= 15 is 0 Å². The van der Waals surface area contributed by atoms with E-state index in [0.717, 1.165) is 6.21 Å². The van der Waals surface area contributed by atoms with Crippen molar-refractivity contribution in [3.05, 3.63) is 75.6 Å². The number of halogens is 2. The molecule has 188 valence electrons. The molecule has 0 saturated heterocycles. The van der Waals surface area contributed by atoms with Crippen LogP contribution in [0.25, 0.3) is 5.70 Å². The molecule has 2 aromatic carbocycles. The Labute approximate surface area is 210 Å². The minimum Gasteiger partial charge on any atom is -0.394 e. The van der Waals surface area contributed by atoms with Crippen LogP contribution in [0.5, 0.6) is 0 Å². The standard InChI is InChI=1S/C26H32ClFN4O3/c1-16-11-17(23(35)30-26(4,15-34)18-7-6-8-19(27)12-18)9-10-20(16)22-21(28)13-29-24(32(22)5)31-25(2,3)14-33/h6-13,24,31,33-34H,14-15H2,1-5H3,(H,30,35). The second kappa shape index (κ2) is 10.5. The Morgan fingerprint density at radius 2 is 1.89 bits per heavy atom. The van der Waals surface area contributed by atoms with E-state index in [1.165, 1.54) is 0 Å². The Bertz CT molecular complexity index is 1170. The Morgan fingerprint density at radius 1 is 1.17 bits per heavy atom. The number of aryl methyl sites for hydroxylation is 1. The summed E-state index contributed by atoms with van der Waals surface area (Å²) in [6.45, 7) is 6.74. The van der Waals surface area contributed by atoms with Gasteiger partial charge in [0.1, 0.15) is 0 Å². The van der Waals surface area contributed by atoms with E-state index in [-0.39, 0.29) is 19.1 Å². The van der Waals surface area contributed by atoms with Crippen molar-refractivity contribution in [3.8, 4) is 0 Å². The van der Waals surface area contributed by atoms with E-state index < -0.39 is 23.2 Å². The van der Waals surface area contributed by atoms with Crippen LogP contribution >= 0.6 is 11.6 Å². The number of carbonyl (C=O) groups excluding carboxylic acids is 1. The van der Waals surface area contributed by atoms with Gasteiger partial charge >= 0.3 is 0 Å². The quantitative estimate of drug-likeness (QED) is 0.442. The van der Waals surface area contributed by atoms with Crippen LogP contribution < -0.4 is 10.6 Å². The van der Waals surface area contributed by atoms with E-state index in [1.807, 2.05) is 13.8 Å². The number of nitrogens with zero attached hydrogens (tertiary/aromatic N) is 2. The van der Waals surface area contributed by atoms with Crippen LogP contribution in [-0.2, 0) is 5.54 Å². The monoisotopic (exact) mass is 502 g/mol. The Balaban J connectivity index is 1.86. The summed E-state index contributed by atoms with van der Waals surface area (Å²) in [5.74, 6) is -0.880. The molecule has 0 bridgehead atoms. The summed E-state index contributed by atoms with van der Waals surface area (Å²) in [5.41, 5.74) is 1.02. The molecule has 2 atom stereocenters. The molecular formula is C26H32ClFN4O3. The summed E-state index contributed by atoms with van der Waals surface area (Å²) in [6.07, 6.45) is 0.593. The summed E-state index contributed by atoms with van der Waals surface area (Å²) in [6, 6.07) is 12.0. The highest BCUT2D eigenvalue weighted by Crippen LogP contribution is 2.31. The van der Waals surface area contributed by atoms with Gasteiger partial charge in [0.05, 0.1) is 30.7 Å². The zero-order valence-corrected chi connectivity index (χ0v) is 21.3. The number of hydrogen-bond acceptors (Lipinski definition) is 6. The topological polar surface area (TPSA) is 97.2 Å². The Hall–Kier alpha value is -2.78. The van der Waals surface area contributed by atoms with Crippen molar-refractivity contribution in [2.75, 3.05) is 20.3 Å². The van der Waals surface area contributed by atoms with Crippen molar-refractivity contribution < 1.29 is 19.4 Å². The van der Waals surface area contributed by atoms with Gasteiger partial charge in [-0.25, -0.2) is 4.39 Å². The van der Waals surface area contributed by atoms with Gasteiger partial charge in [-0.15, -0.1) is 0 Å². The number of aliphatic hydroxyl groups excluding tert-OH is 2. The van der Waals surface area contributed by atoms with Gasteiger partial charge in [-0.05, 0) is 63.1 Å². The Morgan fingerprint density at radius 3 is 2.49 bits per heavy atom. The van der Waals surface area contributed by atoms with Crippen molar-refractivity contribution in [1.82, 2.24) is 15.5 Å². The van der Waals surface area contributed by atoms with Gasteiger partial charge in [0.15, 0.2) is 12.1 Å². The molecule has 9 heteroatoms. The van der Waals surface area contributed by atoms with Crippen molar-refractivity contribution in [1.29, 1.82) is 0 Å². The van der Waals surface area contributed by atoms with Crippen LogP contribution in [0.4, 0.5) is 4.39 Å². The third kappa shape index (κ3) is 5.90. The first kappa shape index (κ1) is 26.8. The molecule has 1 heterocycles. The van der Waals surface area contributed by atoms with E-state index in [9.17, 15) is 19.4 Å². The second-order valence-electron chi connectivity index (χ2n) is 9.63. The van der Waals surface area contributed by atoms with E-state index in [2.05, 4.69) is 15.6 Å². The summed E-state index contributed by atoms with van der Waals surface area (Å²) < 4.78 is 14.9. The third-order valence-corrected chi connectivity index (χ3v) is 6.34. The largest absolute Gasteiger partial charge is 0.394 e. The van der Waals surface area contributed by atoms with Crippen LogP contribution in [-0.4, -0.2) is 59.3 Å². The molecule has 2 aromatic rings. The molecule has 0 spiro atoms. The fraction of sp³-hybridized carbons (Fsp3) is 0.385. The maximum absolute atomic E-state index is 14.9. The van der Waals surface area contributed by atoms with E-state index in [0.29, 0.717) is 33.0 Å². The van der Waals surface area contributed by atoms with Gasteiger partial charge in [-0.3, -0.25) is 15.1 Å². The van der Waals surface area contributed by atoms with E-state index in [4.69, 9.17) is 11.6 Å². The van der Waals surface area contributed by atoms with Crippen LogP contribution in [0.3, 0.4) is 0 Å². The minimum absolute atomic E-state index is 0.112. The second-order valence-corrected chi connectivity index (χ2v) is 10.1. The first-order chi connectivity index (χ1) is 16.4. The van der Waals surface area contributed by atoms with Crippen molar-refractivity contribution in [2.24, 2.45) is 4.99 Å². The molecule has 35 heavy (non-hydrogen) atoms. The minimum atomic E-state index is -1.04. The molecule has 7 nitrogen and oxygen atoms in total. The van der Waals surface area contributed by atoms with Gasteiger partial charge in [0.2, 0.25) is 0 Å². The van der Waals surface area contributed by atoms with Gasteiger partial charge in [0.25, 0.3) is 5.91 Å². The fourth-order valence-electron chi connectivity index (χ4n) is 3.86. The maximum Gasteiger partial charge on any atom is 0.252 e. The number of amides is 1. The van der Waals surface area contributed by atoms with Crippen molar-refractivity contribution in [3.63, 3.8) is 0 Å². The summed E-state index contributed by atoms with van der Waals surface area (Å²) in [4.78, 5) is 19.0. The van der Waals surface area contributed by atoms with E-state index in [1.54, 1.807) is 68.3 Å². The summed E-state index contributed by atoms with van der Waals surface area (Å²) in [5, 5.41) is 26.2. The molecule has 0 fully saturated rings. The van der Waals surface area contributed by atoms with Crippen LogP contribution in [0.2, 0.25) is 5.02 Å². The zero-order chi connectivity index (χ0) is 26.0. The number of benzene rings is 2. The predicted molar refractivity (Wildman–Crippen MR) is 137 cm³/mol. The molecule has 0 aromatic heterocycles. The van der Waals surface area contributed by atoms with Crippen LogP contribution in [0, 0.1) is 6.92 Å². The van der Waals surface area contributed by atoms with Crippen LogP contribution in [0.15, 0.2) is 53.3 Å². The molecule has 4 N–H and O–H groups in total. The number of carbonyl (C=O) groups is 1. The zero-order valence-electron chi connectivity index (χ0n) is 20.6. The number of aliphatic hydroxyl groups is 2. The first-order valence-electron chi connectivity index (χ1n) is 11.3. The molecular weight excluding hydrogens is 471 g/mol. The van der Waals surface area contributed by atoms with Crippen molar-refractivity contribution in [2.45, 2.75) is 45.1 Å². The highest BCUT2D eigenvalue weighted by Gasteiger charge is 2.31.